The largest absolute Gasteiger partial charge is 0.492 e. The lowest BCUT2D eigenvalue weighted by Crippen LogP contribution is -2.22. The normalized spacial score (nSPS) is 13.7. The summed E-state index contributed by atoms with van der Waals surface area (Å²) >= 11 is 3.56. The molecule has 2 aromatic carbocycles. The third-order valence-electron chi connectivity index (χ3n) is 5.30. The molecule has 1 aliphatic carbocycles. The molecule has 1 aliphatic rings. The fraction of sp³-hybridized carbons (Fsp3) is 0.273. The van der Waals surface area contributed by atoms with Crippen LogP contribution in [0.25, 0.3) is 21.9 Å². The summed E-state index contributed by atoms with van der Waals surface area (Å²) in [5.74, 6) is 0.952. The van der Waals surface area contributed by atoms with E-state index in [9.17, 15) is 9.59 Å². The quantitative estimate of drug-likeness (QED) is 0.417. The van der Waals surface area contributed by atoms with Crippen LogP contribution in [0.15, 0.2) is 45.7 Å². The second-order valence-electron chi connectivity index (χ2n) is 7.76. The maximum Gasteiger partial charge on any atom is 0.309 e. The Labute approximate surface area is 185 Å². The maximum absolute atomic E-state index is 12.6. The topological polar surface area (TPSA) is 110 Å². The molecule has 4 aromatic rings. The van der Waals surface area contributed by atoms with Gasteiger partial charge in [0.2, 0.25) is 5.43 Å². The molecule has 1 fully saturated rings. The Balaban J connectivity index is 1.52. The highest BCUT2D eigenvalue weighted by atomic mass is 79.9. The molecule has 2 aromatic heterocycles. The van der Waals surface area contributed by atoms with Crippen molar-refractivity contribution in [2.45, 2.75) is 25.8 Å². The summed E-state index contributed by atoms with van der Waals surface area (Å²) in [5, 5.41) is 13.9. The van der Waals surface area contributed by atoms with Crippen LogP contribution in [0.5, 0.6) is 5.75 Å². The molecule has 0 atom stereocenters. The lowest BCUT2D eigenvalue weighted by atomic mass is 10.1. The number of aromatic nitrogens is 4. The van der Waals surface area contributed by atoms with Crippen molar-refractivity contribution in [3.63, 3.8) is 0 Å². The van der Waals surface area contributed by atoms with Gasteiger partial charge in [-0.3, -0.25) is 14.3 Å². The minimum Gasteiger partial charge on any atom is -0.492 e. The van der Waals surface area contributed by atoms with E-state index in [1.165, 1.54) is 12.8 Å². The number of imidazole rings is 1. The van der Waals surface area contributed by atoms with Crippen LogP contribution in [0, 0.1) is 5.92 Å². The van der Waals surface area contributed by atoms with Crippen LogP contribution in [0.1, 0.15) is 24.4 Å². The Kier molecular flexibility index (Phi) is 4.97. The van der Waals surface area contributed by atoms with Gasteiger partial charge in [-0.2, -0.15) is 5.10 Å². The van der Waals surface area contributed by atoms with Gasteiger partial charge < -0.3 is 14.8 Å². The van der Waals surface area contributed by atoms with Gasteiger partial charge >= 0.3 is 5.97 Å². The molecule has 5 rings (SSSR count). The van der Waals surface area contributed by atoms with E-state index in [4.69, 9.17) is 9.84 Å². The molecule has 0 bridgehead atoms. The number of carboxylic acids is 1. The van der Waals surface area contributed by atoms with Crippen LogP contribution in [-0.4, -0.2) is 37.4 Å². The Bertz CT molecular complexity index is 1370. The smallest absolute Gasteiger partial charge is 0.309 e. The third-order valence-corrected chi connectivity index (χ3v) is 5.92. The van der Waals surface area contributed by atoms with Crippen LogP contribution >= 0.6 is 15.9 Å². The molecule has 0 unspecified atom stereocenters. The molecule has 0 amide bonds. The molecule has 0 radical (unpaired) electrons. The van der Waals surface area contributed by atoms with E-state index >= 15 is 0 Å². The van der Waals surface area contributed by atoms with E-state index in [0.29, 0.717) is 29.3 Å². The third kappa shape index (κ3) is 4.05. The second-order valence-corrected chi connectivity index (χ2v) is 8.61. The average Bonchev–Trinajstić information content (AvgIpc) is 3.49. The summed E-state index contributed by atoms with van der Waals surface area (Å²) in [4.78, 5) is 31.7. The number of carbonyl (C=O) groups is 1. The molecular weight excluding hydrogens is 464 g/mol. The number of nitrogens with zero attached hydrogens (tertiary/aromatic N) is 3. The van der Waals surface area contributed by atoms with Crippen LogP contribution in [-0.2, 0) is 17.8 Å². The van der Waals surface area contributed by atoms with Crippen molar-refractivity contribution in [3.8, 4) is 5.75 Å². The fourth-order valence-corrected chi connectivity index (χ4v) is 4.01. The molecule has 2 N–H and O–H groups in total. The van der Waals surface area contributed by atoms with Crippen LogP contribution in [0.4, 0.5) is 0 Å². The number of halogens is 1. The second kappa shape index (κ2) is 7.81. The number of carboxylic acid groups (broad SMARTS) is 1. The van der Waals surface area contributed by atoms with Gasteiger partial charge in [-0.25, -0.2) is 4.98 Å². The highest BCUT2D eigenvalue weighted by molar-refractivity contribution is 9.10. The van der Waals surface area contributed by atoms with Gasteiger partial charge in [0.25, 0.3) is 0 Å². The van der Waals surface area contributed by atoms with Crippen molar-refractivity contribution in [1.82, 2.24) is 19.7 Å². The van der Waals surface area contributed by atoms with E-state index in [1.54, 1.807) is 22.9 Å². The number of hydrogen-bond donors (Lipinski definition) is 2. The molecule has 9 heteroatoms. The lowest BCUT2D eigenvalue weighted by molar-refractivity contribution is -0.136. The molecule has 0 saturated heterocycles. The fourth-order valence-electron chi connectivity index (χ4n) is 3.55. The van der Waals surface area contributed by atoms with Gasteiger partial charge in [-0.15, -0.1) is 0 Å². The van der Waals surface area contributed by atoms with E-state index < -0.39 is 12.4 Å². The Morgan fingerprint density at radius 3 is 2.87 bits per heavy atom. The summed E-state index contributed by atoms with van der Waals surface area (Å²) < 4.78 is 8.38. The van der Waals surface area contributed by atoms with Crippen LogP contribution in [0.3, 0.4) is 0 Å². The number of benzene rings is 2. The monoisotopic (exact) mass is 482 g/mol. The predicted molar refractivity (Wildman–Crippen MR) is 118 cm³/mol. The Morgan fingerprint density at radius 2 is 2.10 bits per heavy atom. The summed E-state index contributed by atoms with van der Waals surface area (Å²) in [7, 11) is 0. The minimum absolute atomic E-state index is 0.000757. The van der Waals surface area contributed by atoms with Crippen LogP contribution in [0.2, 0.25) is 0 Å². The van der Waals surface area contributed by atoms with Gasteiger partial charge in [0.1, 0.15) is 17.3 Å². The molecule has 0 spiro atoms. The number of aliphatic carboxylic acids is 1. The van der Waals surface area contributed by atoms with E-state index in [0.717, 1.165) is 21.3 Å². The number of aromatic amines is 1. The minimum atomic E-state index is -1.10. The van der Waals surface area contributed by atoms with Crippen molar-refractivity contribution in [3.05, 3.63) is 62.6 Å². The number of ether oxygens (including phenoxy) is 1. The van der Waals surface area contributed by atoms with Crippen molar-refractivity contribution in [2.75, 3.05) is 6.61 Å². The molecule has 31 heavy (non-hydrogen) atoms. The van der Waals surface area contributed by atoms with E-state index in [1.807, 2.05) is 18.2 Å². The number of hydrogen-bond acceptors (Lipinski definition) is 5. The van der Waals surface area contributed by atoms with E-state index in [-0.39, 0.29) is 17.7 Å². The van der Waals surface area contributed by atoms with E-state index in [2.05, 4.69) is 31.0 Å². The van der Waals surface area contributed by atoms with Gasteiger partial charge in [0, 0.05) is 11.5 Å². The van der Waals surface area contributed by atoms with Gasteiger partial charge in [-0.05, 0) is 52.9 Å². The lowest BCUT2D eigenvalue weighted by Gasteiger charge is -2.10. The first kappa shape index (κ1) is 19.7. The van der Waals surface area contributed by atoms with Crippen LogP contribution < -0.4 is 10.2 Å². The molecule has 1 saturated carbocycles. The molecule has 2 heterocycles. The molecule has 0 aliphatic heterocycles. The average molecular weight is 483 g/mol. The molecular formula is C22H19BrN4O4. The predicted octanol–water partition coefficient (Wildman–Crippen LogP) is 3.50. The van der Waals surface area contributed by atoms with Crippen molar-refractivity contribution in [2.24, 2.45) is 5.92 Å². The number of nitrogens with one attached hydrogen (secondary N) is 1. The highest BCUT2D eigenvalue weighted by Gasteiger charge is 2.22. The van der Waals surface area contributed by atoms with Gasteiger partial charge in [-0.1, -0.05) is 12.1 Å². The first-order chi connectivity index (χ1) is 15.0. The zero-order chi connectivity index (χ0) is 21.5. The Morgan fingerprint density at radius 1 is 1.29 bits per heavy atom. The Hall–Kier alpha value is -3.20. The van der Waals surface area contributed by atoms with Gasteiger partial charge in [0.05, 0.1) is 40.6 Å². The SMILES string of the molecule is O=C(O)Cc1nn(Cc2nc3cc(OCC4CC4)c(Br)cc3[nH]2)c2ccccc2c1=O. The maximum atomic E-state index is 12.6. The van der Waals surface area contributed by atoms with Crippen molar-refractivity contribution < 1.29 is 14.6 Å². The summed E-state index contributed by atoms with van der Waals surface area (Å²) in [5.41, 5.74) is 1.87. The first-order valence-corrected chi connectivity index (χ1v) is 10.8. The summed E-state index contributed by atoms with van der Waals surface area (Å²) in [6, 6.07) is 10.9. The number of rotatable bonds is 7. The summed E-state index contributed by atoms with van der Waals surface area (Å²) in [6.07, 6.45) is 2.01. The number of fused-ring (bicyclic) bond motifs is 2. The van der Waals surface area contributed by atoms with Crippen molar-refractivity contribution in [1.29, 1.82) is 0 Å². The standard InChI is InChI=1S/C22H19BrN4O4/c23-14-7-15-16(8-19(14)31-11-12-5-6-12)25-20(24-15)10-27-18-4-2-1-3-13(18)22(30)17(26-27)9-21(28)29/h1-4,7-8,12H,5-6,9-11H2,(H,24,25)(H,28,29). The zero-order valence-corrected chi connectivity index (χ0v) is 18.1. The number of H-pyrrole nitrogens is 1. The number of para-hydroxylation sites is 1. The zero-order valence-electron chi connectivity index (χ0n) is 16.5. The molecule has 158 valence electrons. The summed E-state index contributed by atoms with van der Waals surface area (Å²) in [6.45, 7) is 0.971. The molecule has 8 nitrogen and oxygen atoms in total. The first-order valence-electron chi connectivity index (χ1n) is 9.99. The van der Waals surface area contributed by atoms with Gasteiger partial charge in [0.15, 0.2) is 0 Å². The van der Waals surface area contributed by atoms with Crippen molar-refractivity contribution >= 4 is 43.8 Å². The highest BCUT2D eigenvalue weighted by Crippen LogP contribution is 2.33.